The van der Waals surface area contributed by atoms with Crippen molar-refractivity contribution in [1.82, 2.24) is 15.1 Å². The van der Waals surface area contributed by atoms with E-state index in [2.05, 4.69) is 34.3 Å². The van der Waals surface area contributed by atoms with E-state index in [4.69, 9.17) is 9.26 Å². The van der Waals surface area contributed by atoms with Crippen LogP contribution in [0, 0.1) is 26.7 Å². The maximum absolute atomic E-state index is 5.70. The lowest BCUT2D eigenvalue weighted by molar-refractivity contribution is 0.183. The summed E-state index contributed by atoms with van der Waals surface area (Å²) in [6.07, 6.45) is 2.44. The molecule has 0 radical (unpaired) electrons. The molecule has 0 aliphatic carbocycles. The first-order valence-electron chi connectivity index (χ1n) is 8.09. The van der Waals surface area contributed by atoms with E-state index >= 15 is 0 Å². The molecular formula is C17H20N4O2S. The predicted molar refractivity (Wildman–Crippen MR) is 93.6 cm³/mol. The Morgan fingerprint density at radius 3 is 2.92 bits per heavy atom. The largest absolute Gasteiger partial charge is 0.379 e. The van der Waals surface area contributed by atoms with Crippen LogP contribution in [0.25, 0.3) is 10.2 Å². The summed E-state index contributed by atoms with van der Waals surface area (Å²) >= 11 is 1.71. The van der Waals surface area contributed by atoms with Crippen LogP contribution < -0.4 is 5.32 Å². The lowest BCUT2D eigenvalue weighted by Gasteiger charge is -2.19. The molecule has 1 N–H and O–H groups in total. The molecule has 3 aromatic rings. The lowest BCUT2D eigenvalue weighted by Crippen LogP contribution is -2.29. The monoisotopic (exact) mass is 344 g/mol. The molecule has 1 aliphatic rings. The molecule has 2 atom stereocenters. The van der Waals surface area contributed by atoms with Crippen molar-refractivity contribution in [2.24, 2.45) is 5.92 Å². The van der Waals surface area contributed by atoms with Crippen LogP contribution >= 0.6 is 11.3 Å². The molecule has 3 aromatic heterocycles. The number of aromatic nitrogens is 3. The number of nitrogens with zero attached hydrogens (tertiary/aromatic N) is 3. The molecule has 1 saturated heterocycles. The van der Waals surface area contributed by atoms with E-state index in [0.29, 0.717) is 19.1 Å². The van der Waals surface area contributed by atoms with Gasteiger partial charge in [0.1, 0.15) is 22.7 Å². The molecule has 126 valence electrons. The van der Waals surface area contributed by atoms with Gasteiger partial charge in [-0.2, -0.15) is 0 Å². The molecule has 7 heteroatoms. The second-order valence-electron chi connectivity index (χ2n) is 6.37. The Labute approximate surface area is 144 Å². The molecule has 24 heavy (non-hydrogen) atoms. The summed E-state index contributed by atoms with van der Waals surface area (Å²) in [5.74, 6) is 2.14. The van der Waals surface area contributed by atoms with E-state index in [1.807, 2.05) is 13.0 Å². The van der Waals surface area contributed by atoms with Crippen molar-refractivity contribution in [3.63, 3.8) is 0 Å². The van der Waals surface area contributed by atoms with E-state index in [0.717, 1.165) is 33.9 Å². The maximum atomic E-state index is 5.70. The number of hydrogen-bond acceptors (Lipinski definition) is 7. The van der Waals surface area contributed by atoms with E-state index in [9.17, 15) is 0 Å². The van der Waals surface area contributed by atoms with Gasteiger partial charge in [-0.15, -0.1) is 11.3 Å². The Bertz CT molecular complexity index is 873. The topological polar surface area (TPSA) is 73.1 Å². The van der Waals surface area contributed by atoms with Gasteiger partial charge in [-0.25, -0.2) is 9.97 Å². The van der Waals surface area contributed by atoms with E-state index < -0.39 is 0 Å². The Morgan fingerprint density at radius 2 is 2.12 bits per heavy atom. The highest BCUT2D eigenvalue weighted by atomic mass is 32.1. The van der Waals surface area contributed by atoms with Crippen LogP contribution in [0.5, 0.6) is 0 Å². The van der Waals surface area contributed by atoms with Crippen molar-refractivity contribution in [2.45, 2.75) is 33.2 Å². The number of fused-ring (bicyclic) bond motifs is 1. The van der Waals surface area contributed by atoms with Gasteiger partial charge < -0.3 is 14.6 Å². The van der Waals surface area contributed by atoms with Crippen LogP contribution in [-0.4, -0.2) is 34.4 Å². The molecule has 4 heterocycles. The lowest BCUT2D eigenvalue weighted by atomic mass is 9.98. The number of ether oxygens (including phenoxy) is 1. The van der Waals surface area contributed by atoms with E-state index in [-0.39, 0.29) is 6.04 Å². The van der Waals surface area contributed by atoms with Gasteiger partial charge in [0, 0.05) is 23.3 Å². The minimum absolute atomic E-state index is 0.202. The molecule has 0 aromatic carbocycles. The van der Waals surface area contributed by atoms with Gasteiger partial charge in [-0.05, 0) is 26.3 Å². The normalized spacial score (nSPS) is 20.8. The SMILES string of the molecule is Cc1cc(C[C@H]2COC[C@H]2Nc2ncnc3sc(C)c(C)c23)on1. The fourth-order valence-corrected chi connectivity index (χ4v) is 4.19. The molecule has 4 rings (SSSR count). The van der Waals surface area contributed by atoms with E-state index in [1.165, 1.54) is 10.4 Å². The third-order valence-electron chi connectivity index (χ3n) is 4.63. The average molecular weight is 344 g/mol. The van der Waals surface area contributed by atoms with Crippen LogP contribution in [0.2, 0.25) is 0 Å². The maximum Gasteiger partial charge on any atom is 0.138 e. The van der Waals surface area contributed by atoms with Crippen LogP contribution in [0.3, 0.4) is 0 Å². The van der Waals surface area contributed by atoms with Gasteiger partial charge in [0.15, 0.2) is 0 Å². The van der Waals surface area contributed by atoms with Crippen molar-refractivity contribution in [2.75, 3.05) is 18.5 Å². The summed E-state index contributed by atoms with van der Waals surface area (Å²) in [5.41, 5.74) is 2.16. The van der Waals surface area contributed by atoms with Gasteiger partial charge >= 0.3 is 0 Å². The van der Waals surface area contributed by atoms with Crippen molar-refractivity contribution in [3.8, 4) is 0 Å². The van der Waals surface area contributed by atoms with Crippen molar-refractivity contribution in [3.05, 3.63) is 34.3 Å². The number of anilines is 1. The zero-order chi connectivity index (χ0) is 16.7. The Kier molecular flexibility index (Phi) is 3.97. The van der Waals surface area contributed by atoms with Crippen molar-refractivity contribution >= 4 is 27.4 Å². The summed E-state index contributed by atoms with van der Waals surface area (Å²) in [7, 11) is 0. The van der Waals surface area contributed by atoms with Gasteiger partial charge in [0.05, 0.1) is 30.3 Å². The molecule has 0 saturated carbocycles. The Hall–Kier alpha value is -1.99. The smallest absolute Gasteiger partial charge is 0.138 e. The number of hydrogen-bond donors (Lipinski definition) is 1. The van der Waals surface area contributed by atoms with E-state index in [1.54, 1.807) is 17.7 Å². The second kappa shape index (κ2) is 6.14. The van der Waals surface area contributed by atoms with Gasteiger partial charge in [0.25, 0.3) is 0 Å². The van der Waals surface area contributed by atoms with Crippen LogP contribution in [0.4, 0.5) is 5.82 Å². The van der Waals surface area contributed by atoms with Gasteiger partial charge in [-0.3, -0.25) is 0 Å². The minimum atomic E-state index is 0.202. The Morgan fingerprint density at radius 1 is 1.25 bits per heavy atom. The number of thiophene rings is 1. The summed E-state index contributed by atoms with van der Waals surface area (Å²) in [6, 6.07) is 2.19. The molecule has 0 unspecified atom stereocenters. The minimum Gasteiger partial charge on any atom is -0.379 e. The highest BCUT2D eigenvalue weighted by molar-refractivity contribution is 7.18. The van der Waals surface area contributed by atoms with Gasteiger partial charge in [0.2, 0.25) is 0 Å². The number of rotatable bonds is 4. The third kappa shape index (κ3) is 2.78. The first-order valence-corrected chi connectivity index (χ1v) is 8.90. The van der Waals surface area contributed by atoms with Crippen LogP contribution in [-0.2, 0) is 11.2 Å². The molecule has 0 spiro atoms. The summed E-state index contributed by atoms with van der Waals surface area (Å²) in [5, 5.41) is 8.68. The average Bonchev–Trinajstić information content (AvgIpc) is 3.23. The first-order chi connectivity index (χ1) is 11.6. The second-order valence-corrected chi connectivity index (χ2v) is 7.58. The van der Waals surface area contributed by atoms with Crippen LogP contribution in [0.1, 0.15) is 21.9 Å². The molecule has 0 bridgehead atoms. The predicted octanol–water partition coefficient (Wildman–Crippen LogP) is 3.27. The zero-order valence-corrected chi connectivity index (χ0v) is 14.8. The van der Waals surface area contributed by atoms with Crippen LogP contribution in [0.15, 0.2) is 16.9 Å². The molecule has 0 amide bonds. The third-order valence-corrected chi connectivity index (χ3v) is 5.74. The zero-order valence-electron chi connectivity index (χ0n) is 14.0. The molecular weight excluding hydrogens is 324 g/mol. The van der Waals surface area contributed by atoms with Gasteiger partial charge in [-0.1, -0.05) is 5.16 Å². The number of nitrogens with one attached hydrogen (secondary N) is 1. The summed E-state index contributed by atoms with van der Waals surface area (Å²) in [6.45, 7) is 7.58. The highest BCUT2D eigenvalue weighted by Crippen LogP contribution is 2.33. The summed E-state index contributed by atoms with van der Waals surface area (Å²) in [4.78, 5) is 11.2. The molecule has 1 fully saturated rings. The fraction of sp³-hybridized carbons (Fsp3) is 0.471. The highest BCUT2D eigenvalue weighted by Gasteiger charge is 2.30. The standard InChI is InChI=1S/C17H20N4O2S/c1-9-4-13(23-21-9)5-12-6-22-7-14(12)20-16-15-10(2)11(3)24-17(15)19-8-18-16/h4,8,12,14H,5-7H2,1-3H3,(H,18,19,20)/t12-,14+/m0/s1. The first kappa shape index (κ1) is 15.5. The Balaban J connectivity index is 1.58. The number of aryl methyl sites for hydroxylation is 3. The molecule has 6 nitrogen and oxygen atoms in total. The van der Waals surface area contributed by atoms with Crippen molar-refractivity contribution < 1.29 is 9.26 Å². The fourth-order valence-electron chi connectivity index (χ4n) is 3.20. The molecule has 1 aliphatic heterocycles. The quantitative estimate of drug-likeness (QED) is 0.783. The van der Waals surface area contributed by atoms with Crippen molar-refractivity contribution in [1.29, 1.82) is 0 Å². The summed E-state index contributed by atoms with van der Waals surface area (Å²) < 4.78 is 11.1.